The van der Waals surface area contributed by atoms with E-state index < -0.39 is 0 Å². The lowest BCUT2D eigenvalue weighted by atomic mass is 9.99. The van der Waals surface area contributed by atoms with Gasteiger partial charge in [0.1, 0.15) is 0 Å². The highest BCUT2D eigenvalue weighted by Gasteiger charge is 2.16. The maximum absolute atomic E-state index is 8.93. The molecule has 0 spiro atoms. The van der Waals surface area contributed by atoms with Crippen LogP contribution in [0.5, 0.6) is 0 Å². The summed E-state index contributed by atoms with van der Waals surface area (Å²) >= 11 is 0. The second kappa shape index (κ2) is 5.29. The standard InChI is InChI=1S/C10H14N2O.ClH/c13-7-10-5-8(2-4-12-10)9-1-3-11-6-9;/h2,4-5,9,11,13H,1,3,6-7H2;1H. The zero-order valence-electron chi connectivity index (χ0n) is 7.94. The molecule has 78 valence electrons. The fourth-order valence-electron chi connectivity index (χ4n) is 1.78. The van der Waals surface area contributed by atoms with Gasteiger partial charge in [0.25, 0.3) is 0 Å². The van der Waals surface area contributed by atoms with Crippen LogP contribution in [0, 0.1) is 0 Å². The summed E-state index contributed by atoms with van der Waals surface area (Å²) < 4.78 is 0. The predicted molar refractivity (Wildman–Crippen MR) is 57.6 cm³/mol. The van der Waals surface area contributed by atoms with Crippen LogP contribution in [0.15, 0.2) is 18.3 Å². The van der Waals surface area contributed by atoms with Gasteiger partial charge in [-0.3, -0.25) is 4.98 Å². The summed E-state index contributed by atoms with van der Waals surface area (Å²) in [6, 6.07) is 4.04. The normalized spacial score (nSPS) is 20.5. The lowest BCUT2D eigenvalue weighted by molar-refractivity contribution is 0.276. The summed E-state index contributed by atoms with van der Waals surface area (Å²) in [6.45, 7) is 2.18. The van der Waals surface area contributed by atoms with Crippen LogP contribution in [0.2, 0.25) is 0 Å². The monoisotopic (exact) mass is 214 g/mol. The molecule has 0 aromatic carbocycles. The van der Waals surface area contributed by atoms with Crippen LogP contribution in [-0.4, -0.2) is 23.2 Å². The molecule has 0 radical (unpaired) electrons. The van der Waals surface area contributed by atoms with Crippen molar-refractivity contribution in [1.29, 1.82) is 0 Å². The molecule has 14 heavy (non-hydrogen) atoms. The van der Waals surface area contributed by atoms with Gasteiger partial charge in [-0.2, -0.15) is 0 Å². The van der Waals surface area contributed by atoms with E-state index in [1.54, 1.807) is 6.20 Å². The Morgan fingerprint density at radius 3 is 3.07 bits per heavy atom. The largest absolute Gasteiger partial charge is 0.390 e. The number of nitrogens with one attached hydrogen (secondary N) is 1. The highest BCUT2D eigenvalue weighted by atomic mass is 35.5. The molecule has 1 fully saturated rings. The summed E-state index contributed by atoms with van der Waals surface area (Å²) in [7, 11) is 0. The topological polar surface area (TPSA) is 45.1 Å². The third-order valence-corrected chi connectivity index (χ3v) is 2.53. The van der Waals surface area contributed by atoms with Gasteiger partial charge < -0.3 is 10.4 Å². The summed E-state index contributed by atoms with van der Waals surface area (Å²) in [5.74, 6) is 0.605. The van der Waals surface area contributed by atoms with E-state index in [0.717, 1.165) is 18.8 Å². The first-order chi connectivity index (χ1) is 6.40. The molecule has 1 atom stereocenters. The van der Waals surface area contributed by atoms with Gasteiger partial charge in [0.15, 0.2) is 0 Å². The van der Waals surface area contributed by atoms with Crippen molar-refractivity contribution < 1.29 is 5.11 Å². The number of pyridine rings is 1. The molecule has 0 bridgehead atoms. The molecule has 0 aliphatic carbocycles. The van der Waals surface area contributed by atoms with E-state index in [2.05, 4.69) is 10.3 Å². The minimum absolute atomic E-state index is 0. The van der Waals surface area contributed by atoms with Gasteiger partial charge in [0.2, 0.25) is 0 Å². The summed E-state index contributed by atoms with van der Waals surface area (Å²) in [6.07, 6.45) is 2.97. The lowest BCUT2D eigenvalue weighted by Crippen LogP contribution is -2.08. The van der Waals surface area contributed by atoms with Crippen molar-refractivity contribution in [1.82, 2.24) is 10.3 Å². The third-order valence-electron chi connectivity index (χ3n) is 2.53. The maximum Gasteiger partial charge on any atom is 0.0853 e. The van der Waals surface area contributed by atoms with Crippen LogP contribution < -0.4 is 5.32 Å². The third kappa shape index (κ3) is 2.44. The number of aromatic nitrogens is 1. The van der Waals surface area contributed by atoms with Gasteiger partial charge in [-0.25, -0.2) is 0 Å². The molecular formula is C10H15ClN2O. The lowest BCUT2D eigenvalue weighted by Gasteiger charge is -2.08. The van der Waals surface area contributed by atoms with E-state index in [4.69, 9.17) is 5.11 Å². The first kappa shape index (κ1) is 11.4. The second-order valence-corrected chi connectivity index (χ2v) is 3.43. The Bertz CT molecular complexity index is 287. The van der Waals surface area contributed by atoms with E-state index >= 15 is 0 Å². The molecule has 2 heterocycles. The SMILES string of the molecule is Cl.OCc1cc(C2CCNC2)ccn1. The second-order valence-electron chi connectivity index (χ2n) is 3.43. The van der Waals surface area contributed by atoms with Crippen LogP contribution in [0.4, 0.5) is 0 Å². The van der Waals surface area contributed by atoms with Crippen molar-refractivity contribution in [3.05, 3.63) is 29.6 Å². The van der Waals surface area contributed by atoms with E-state index in [1.165, 1.54) is 12.0 Å². The van der Waals surface area contributed by atoms with Gasteiger partial charge in [0.05, 0.1) is 12.3 Å². The Morgan fingerprint density at radius 1 is 1.57 bits per heavy atom. The van der Waals surface area contributed by atoms with Gasteiger partial charge in [-0.05, 0) is 36.6 Å². The van der Waals surface area contributed by atoms with Crippen molar-refractivity contribution in [2.45, 2.75) is 18.9 Å². The van der Waals surface area contributed by atoms with E-state index in [1.807, 2.05) is 12.1 Å². The summed E-state index contributed by atoms with van der Waals surface area (Å²) in [5, 5.41) is 12.3. The number of hydrogen-bond donors (Lipinski definition) is 2. The molecule has 1 unspecified atom stereocenters. The molecule has 1 aliphatic heterocycles. The molecule has 0 saturated carbocycles. The van der Waals surface area contributed by atoms with Crippen molar-refractivity contribution in [3.8, 4) is 0 Å². The average molecular weight is 215 g/mol. The zero-order chi connectivity index (χ0) is 9.10. The number of rotatable bonds is 2. The van der Waals surface area contributed by atoms with E-state index in [9.17, 15) is 0 Å². The Hall–Kier alpha value is -0.640. The Morgan fingerprint density at radius 2 is 2.43 bits per heavy atom. The molecule has 1 aromatic rings. The van der Waals surface area contributed by atoms with Crippen molar-refractivity contribution in [3.63, 3.8) is 0 Å². The van der Waals surface area contributed by atoms with Crippen LogP contribution in [0.25, 0.3) is 0 Å². The number of aliphatic hydroxyl groups excluding tert-OH is 1. The van der Waals surface area contributed by atoms with E-state index in [-0.39, 0.29) is 19.0 Å². The number of hydrogen-bond acceptors (Lipinski definition) is 3. The molecule has 3 nitrogen and oxygen atoms in total. The smallest absolute Gasteiger partial charge is 0.0853 e. The van der Waals surface area contributed by atoms with Crippen molar-refractivity contribution >= 4 is 12.4 Å². The Labute approximate surface area is 90.0 Å². The number of halogens is 1. The first-order valence-corrected chi connectivity index (χ1v) is 4.66. The molecule has 4 heteroatoms. The minimum atomic E-state index is 0. The summed E-state index contributed by atoms with van der Waals surface area (Å²) in [4.78, 5) is 4.06. The van der Waals surface area contributed by atoms with Gasteiger partial charge in [-0.1, -0.05) is 0 Å². The van der Waals surface area contributed by atoms with Crippen LogP contribution in [-0.2, 0) is 6.61 Å². The maximum atomic E-state index is 8.93. The predicted octanol–water partition coefficient (Wildman–Crippen LogP) is 1.07. The fraction of sp³-hybridized carbons (Fsp3) is 0.500. The van der Waals surface area contributed by atoms with Crippen molar-refractivity contribution in [2.24, 2.45) is 0 Å². The average Bonchev–Trinajstić information content (AvgIpc) is 2.71. The molecule has 2 rings (SSSR count). The highest BCUT2D eigenvalue weighted by Crippen LogP contribution is 2.21. The quantitative estimate of drug-likeness (QED) is 0.775. The Balaban J connectivity index is 0.000000980. The number of nitrogens with zero attached hydrogens (tertiary/aromatic N) is 1. The molecule has 1 saturated heterocycles. The van der Waals surface area contributed by atoms with Crippen LogP contribution >= 0.6 is 12.4 Å². The van der Waals surface area contributed by atoms with Gasteiger partial charge in [0, 0.05) is 12.7 Å². The first-order valence-electron chi connectivity index (χ1n) is 4.66. The van der Waals surface area contributed by atoms with Crippen LogP contribution in [0.3, 0.4) is 0 Å². The highest BCUT2D eigenvalue weighted by molar-refractivity contribution is 5.85. The zero-order valence-corrected chi connectivity index (χ0v) is 8.76. The molecular weight excluding hydrogens is 200 g/mol. The Kier molecular flexibility index (Phi) is 4.32. The van der Waals surface area contributed by atoms with Crippen molar-refractivity contribution in [2.75, 3.05) is 13.1 Å². The summed E-state index contributed by atoms with van der Waals surface area (Å²) in [5.41, 5.74) is 2.06. The van der Waals surface area contributed by atoms with Gasteiger partial charge in [-0.15, -0.1) is 12.4 Å². The van der Waals surface area contributed by atoms with Gasteiger partial charge >= 0.3 is 0 Å². The number of aliphatic hydroxyl groups is 1. The molecule has 1 aromatic heterocycles. The minimum Gasteiger partial charge on any atom is -0.390 e. The van der Waals surface area contributed by atoms with Crippen LogP contribution in [0.1, 0.15) is 23.6 Å². The van der Waals surface area contributed by atoms with E-state index in [0.29, 0.717) is 5.92 Å². The molecule has 2 N–H and O–H groups in total. The molecule has 1 aliphatic rings. The molecule has 0 amide bonds. The fourth-order valence-corrected chi connectivity index (χ4v) is 1.78.